The van der Waals surface area contributed by atoms with Gasteiger partial charge in [0.15, 0.2) is 0 Å². The average Bonchev–Trinajstić information content (AvgIpc) is 2.75. The van der Waals surface area contributed by atoms with E-state index in [1.54, 1.807) is 0 Å². The van der Waals surface area contributed by atoms with Gasteiger partial charge in [-0.05, 0) is 31.6 Å². The molecule has 0 aliphatic carbocycles. The van der Waals surface area contributed by atoms with Crippen molar-refractivity contribution in [2.45, 2.75) is 161 Å². The minimum Gasteiger partial charge on any atom is -0.0885 e. The lowest BCUT2D eigenvalue weighted by atomic mass is 9.97. The van der Waals surface area contributed by atoms with Crippen molar-refractivity contribution in [2.24, 2.45) is 5.92 Å². The van der Waals surface area contributed by atoms with Crippen LogP contribution in [0.25, 0.3) is 0 Å². The number of allylic oxidation sites excluding steroid dienone is 2. The fourth-order valence-electron chi connectivity index (χ4n) is 4.34. The molecule has 178 valence electrons. The van der Waals surface area contributed by atoms with Gasteiger partial charge in [-0.2, -0.15) is 0 Å². The van der Waals surface area contributed by atoms with Crippen LogP contribution in [0.2, 0.25) is 0 Å². The van der Waals surface area contributed by atoms with Crippen molar-refractivity contribution >= 4 is 0 Å². The number of hydrogen-bond acceptors (Lipinski definition) is 0. The number of rotatable bonds is 25. The first kappa shape index (κ1) is 29.7. The van der Waals surface area contributed by atoms with Crippen molar-refractivity contribution in [3.8, 4) is 0 Å². The van der Waals surface area contributed by atoms with Gasteiger partial charge < -0.3 is 0 Å². The van der Waals surface area contributed by atoms with E-state index in [-0.39, 0.29) is 0 Å². The van der Waals surface area contributed by atoms with Crippen LogP contribution in [0.4, 0.5) is 0 Å². The largest absolute Gasteiger partial charge is 0.0885 e. The molecule has 0 heterocycles. The van der Waals surface area contributed by atoms with E-state index in [2.05, 4.69) is 32.9 Å². The van der Waals surface area contributed by atoms with Gasteiger partial charge in [0, 0.05) is 0 Å². The van der Waals surface area contributed by atoms with Crippen molar-refractivity contribution < 1.29 is 0 Å². The molecule has 0 spiro atoms. The standard InChI is InChI=1S/C30H58/c1-4-6-8-10-12-14-15-16-17-18-19-20-21-23-25-27-29-30(3)28-26-24-22-13-11-9-7-5-2/h22,24,30H,1-2,4-21,23,25-29H2,3H3. The highest BCUT2D eigenvalue weighted by Gasteiger charge is 2.01. The van der Waals surface area contributed by atoms with Crippen LogP contribution in [0.3, 0.4) is 0 Å². The molecule has 0 aromatic heterocycles. The fourth-order valence-corrected chi connectivity index (χ4v) is 4.34. The molecule has 0 amide bonds. The van der Waals surface area contributed by atoms with Gasteiger partial charge in [-0.25, -0.2) is 0 Å². The van der Waals surface area contributed by atoms with E-state index in [0.717, 1.165) is 18.8 Å². The first-order valence-electron chi connectivity index (χ1n) is 14.0. The van der Waals surface area contributed by atoms with Gasteiger partial charge in [-0.15, -0.1) is 0 Å². The Morgan fingerprint density at radius 2 is 0.800 bits per heavy atom. The van der Waals surface area contributed by atoms with E-state index in [1.807, 2.05) is 0 Å². The van der Waals surface area contributed by atoms with Crippen LogP contribution < -0.4 is 0 Å². The molecule has 1 unspecified atom stereocenters. The summed E-state index contributed by atoms with van der Waals surface area (Å²) < 4.78 is 0. The SMILES string of the molecule is [CH2]CCCCCC=CCCC(C)CCCCCCCCCCCCCCCCC[CH2]. The number of hydrogen-bond donors (Lipinski definition) is 0. The van der Waals surface area contributed by atoms with Crippen LogP contribution in [-0.2, 0) is 0 Å². The third kappa shape index (κ3) is 25.8. The van der Waals surface area contributed by atoms with Crippen LogP contribution in [-0.4, -0.2) is 0 Å². The molecule has 0 heteroatoms. The summed E-state index contributed by atoms with van der Waals surface area (Å²) in [6.07, 6.45) is 38.2. The van der Waals surface area contributed by atoms with Crippen molar-refractivity contribution in [1.29, 1.82) is 0 Å². The first-order valence-corrected chi connectivity index (χ1v) is 14.0. The van der Waals surface area contributed by atoms with Gasteiger partial charge in [0.05, 0.1) is 0 Å². The minimum atomic E-state index is 0.907. The molecule has 0 aromatic rings. The maximum atomic E-state index is 3.92. The molecule has 1 atom stereocenters. The Labute approximate surface area is 193 Å². The van der Waals surface area contributed by atoms with Crippen LogP contribution in [0, 0.1) is 19.8 Å². The Kier molecular flexibility index (Phi) is 26.5. The quantitative estimate of drug-likeness (QED) is 0.102. The first-order chi connectivity index (χ1) is 14.8. The molecule has 0 fully saturated rings. The van der Waals surface area contributed by atoms with Gasteiger partial charge in [-0.1, -0.05) is 161 Å². The predicted octanol–water partition coefficient (Wildman–Crippen LogP) is 11.2. The van der Waals surface area contributed by atoms with Crippen LogP contribution in [0.15, 0.2) is 12.2 Å². The topological polar surface area (TPSA) is 0 Å². The lowest BCUT2D eigenvalue weighted by Crippen LogP contribution is -1.94. The van der Waals surface area contributed by atoms with Crippen LogP contribution >= 0.6 is 0 Å². The smallest absolute Gasteiger partial charge is 0.0348 e. The van der Waals surface area contributed by atoms with E-state index in [0.29, 0.717) is 0 Å². The summed E-state index contributed by atoms with van der Waals surface area (Å²) in [5, 5.41) is 0. The summed E-state index contributed by atoms with van der Waals surface area (Å²) in [5.41, 5.74) is 0. The summed E-state index contributed by atoms with van der Waals surface area (Å²) >= 11 is 0. The highest BCUT2D eigenvalue weighted by atomic mass is 14.1. The molecule has 0 aromatic carbocycles. The zero-order valence-electron chi connectivity index (χ0n) is 21.1. The Morgan fingerprint density at radius 3 is 1.27 bits per heavy atom. The van der Waals surface area contributed by atoms with Crippen molar-refractivity contribution in [3.05, 3.63) is 26.0 Å². The van der Waals surface area contributed by atoms with Gasteiger partial charge in [-0.3, -0.25) is 0 Å². The summed E-state index contributed by atoms with van der Waals surface area (Å²) in [7, 11) is 0. The second kappa shape index (κ2) is 26.8. The lowest BCUT2D eigenvalue weighted by Gasteiger charge is -2.09. The Morgan fingerprint density at radius 1 is 0.433 bits per heavy atom. The van der Waals surface area contributed by atoms with E-state index in [9.17, 15) is 0 Å². The summed E-state index contributed by atoms with van der Waals surface area (Å²) in [4.78, 5) is 0. The van der Waals surface area contributed by atoms with Crippen molar-refractivity contribution in [1.82, 2.24) is 0 Å². The molecular formula is C30H58. The van der Waals surface area contributed by atoms with Crippen LogP contribution in [0.1, 0.15) is 161 Å². The van der Waals surface area contributed by atoms with Crippen molar-refractivity contribution in [2.75, 3.05) is 0 Å². The fraction of sp³-hybridized carbons (Fsp3) is 0.867. The third-order valence-corrected chi connectivity index (χ3v) is 6.56. The summed E-state index contributed by atoms with van der Waals surface area (Å²) in [6.45, 7) is 10.3. The number of unbranched alkanes of at least 4 members (excludes halogenated alkanes) is 19. The lowest BCUT2D eigenvalue weighted by molar-refractivity contribution is 0.456. The molecule has 0 rings (SSSR count). The molecule has 0 bridgehead atoms. The molecule has 0 aliphatic rings. The summed E-state index contributed by atoms with van der Waals surface area (Å²) in [6, 6.07) is 0. The Hall–Kier alpha value is -0.260. The van der Waals surface area contributed by atoms with Crippen LogP contribution in [0.5, 0.6) is 0 Å². The molecule has 0 saturated carbocycles. The second-order valence-corrected chi connectivity index (χ2v) is 9.80. The maximum Gasteiger partial charge on any atom is -0.0348 e. The Bertz CT molecular complexity index is 316. The van der Waals surface area contributed by atoms with Gasteiger partial charge in [0.2, 0.25) is 0 Å². The highest BCUT2D eigenvalue weighted by molar-refractivity contribution is 4.82. The second-order valence-electron chi connectivity index (χ2n) is 9.80. The van der Waals surface area contributed by atoms with Gasteiger partial charge >= 0.3 is 0 Å². The predicted molar refractivity (Wildman–Crippen MR) is 140 cm³/mol. The van der Waals surface area contributed by atoms with Gasteiger partial charge in [0.25, 0.3) is 0 Å². The molecular weight excluding hydrogens is 360 g/mol. The monoisotopic (exact) mass is 418 g/mol. The third-order valence-electron chi connectivity index (χ3n) is 6.56. The molecule has 0 nitrogen and oxygen atoms in total. The maximum absolute atomic E-state index is 3.92. The van der Waals surface area contributed by atoms with E-state index in [4.69, 9.17) is 0 Å². The highest BCUT2D eigenvalue weighted by Crippen LogP contribution is 2.18. The molecule has 0 saturated heterocycles. The average molecular weight is 419 g/mol. The molecule has 0 N–H and O–H groups in total. The molecule has 2 radical (unpaired) electrons. The minimum absolute atomic E-state index is 0.907. The van der Waals surface area contributed by atoms with Crippen molar-refractivity contribution in [3.63, 3.8) is 0 Å². The normalized spacial score (nSPS) is 12.8. The van der Waals surface area contributed by atoms with E-state index >= 15 is 0 Å². The Balaban J connectivity index is 3.16. The zero-order chi connectivity index (χ0) is 22.0. The van der Waals surface area contributed by atoms with E-state index in [1.165, 1.54) is 141 Å². The zero-order valence-corrected chi connectivity index (χ0v) is 21.1. The molecule has 0 aliphatic heterocycles. The summed E-state index contributed by atoms with van der Waals surface area (Å²) in [5.74, 6) is 0.907. The van der Waals surface area contributed by atoms with E-state index < -0.39 is 0 Å². The molecule has 30 heavy (non-hydrogen) atoms. The van der Waals surface area contributed by atoms with Gasteiger partial charge in [0.1, 0.15) is 0 Å².